The Labute approximate surface area is 190 Å². The summed E-state index contributed by atoms with van der Waals surface area (Å²) in [7, 11) is 1.68. The van der Waals surface area contributed by atoms with E-state index >= 15 is 0 Å². The fraction of sp³-hybridized carbons (Fsp3) is 0.417. The van der Waals surface area contributed by atoms with Crippen LogP contribution < -0.4 is 10.1 Å². The van der Waals surface area contributed by atoms with Crippen LogP contribution in [0, 0.1) is 5.92 Å². The minimum absolute atomic E-state index is 0.0918. The molecule has 0 bridgehead atoms. The van der Waals surface area contributed by atoms with Gasteiger partial charge < -0.3 is 15.0 Å². The lowest BCUT2D eigenvalue weighted by Crippen LogP contribution is -2.36. The molecule has 2 aliphatic heterocycles. The fourth-order valence-corrected chi connectivity index (χ4v) is 6.41. The van der Waals surface area contributed by atoms with Crippen molar-refractivity contribution >= 4 is 45.2 Å². The van der Waals surface area contributed by atoms with Crippen LogP contribution in [-0.4, -0.2) is 47.2 Å². The van der Waals surface area contributed by atoms with E-state index < -0.39 is 0 Å². The van der Waals surface area contributed by atoms with Crippen molar-refractivity contribution in [3.05, 3.63) is 40.0 Å². The summed E-state index contributed by atoms with van der Waals surface area (Å²) in [5.74, 6) is 2.00. The number of nitrogens with zero attached hydrogens (tertiary/aromatic N) is 4. The van der Waals surface area contributed by atoms with Crippen molar-refractivity contribution in [2.24, 2.45) is 10.9 Å². The van der Waals surface area contributed by atoms with Crippen molar-refractivity contribution in [2.75, 3.05) is 25.5 Å². The van der Waals surface area contributed by atoms with E-state index in [1.54, 1.807) is 24.8 Å². The SMILES string of the molecule is COc1cc2c(cc1Nc1ncnc3sc4c(c13)CCC(C(=O)N1CCCC1)C4)C=NC2. The highest BCUT2D eigenvalue weighted by molar-refractivity contribution is 7.19. The van der Waals surface area contributed by atoms with Gasteiger partial charge in [0.25, 0.3) is 0 Å². The Hall–Kier alpha value is -3.00. The third kappa shape index (κ3) is 3.24. The van der Waals surface area contributed by atoms with E-state index in [4.69, 9.17) is 4.74 Å². The lowest BCUT2D eigenvalue weighted by atomic mass is 9.87. The third-order valence-corrected chi connectivity index (χ3v) is 7.98. The number of likely N-dealkylation sites (tertiary alicyclic amines) is 1. The van der Waals surface area contributed by atoms with Crippen LogP contribution in [0.4, 0.5) is 11.5 Å². The van der Waals surface area contributed by atoms with Gasteiger partial charge in [-0.15, -0.1) is 11.3 Å². The molecule has 0 saturated carbocycles. The van der Waals surface area contributed by atoms with Crippen LogP contribution in [0.15, 0.2) is 23.5 Å². The molecule has 1 aliphatic carbocycles. The maximum absolute atomic E-state index is 13.0. The molecule has 3 aromatic rings. The molecule has 4 heterocycles. The molecule has 3 aliphatic rings. The van der Waals surface area contributed by atoms with Crippen LogP contribution in [0.1, 0.15) is 40.8 Å². The fourth-order valence-electron chi connectivity index (χ4n) is 5.14. The molecule has 7 nitrogen and oxygen atoms in total. The molecule has 1 aromatic carbocycles. The minimum Gasteiger partial charge on any atom is -0.495 e. The summed E-state index contributed by atoms with van der Waals surface area (Å²) in [5, 5.41) is 4.58. The number of aryl methyl sites for hydroxylation is 1. The lowest BCUT2D eigenvalue weighted by molar-refractivity contribution is -0.134. The average Bonchev–Trinajstić information content (AvgIpc) is 3.56. The molecule has 1 fully saturated rings. The van der Waals surface area contributed by atoms with E-state index in [-0.39, 0.29) is 5.92 Å². The quantitative estimate of drug-likeness (QED) is 0.651. The summed E-state index contributed by atoms with van der Waals surface area (Å²) in [6, 6.07) is 4.11. The number of carbonyl (C=O) groups is 1. The number of aliphatic imine (C=N–C) groups is 1. The molecule has 1 unspecified atom stereocenters. The van der Waals surface area contributed by atoms with E-state index in [1.807, 2.05) is 12.3 Å². The number of benzene rings is 1. The predicted octanol–water partition coefficient (Wildman–Crippen LogP) is 4.10. The molecule has 8 heteroatoms. The average molecular weight is 448 g/mol. The zero-order valence-corrected chi connectivity index (χ0v) is 18.9. The van der Waals surface area contributed by atoms with Crippen molar-refractivity contribution in [1.29, 1.82) is 0 Å². The topological polar surface area (TPSA) is 79.7 Å². The van der Waals surface area contributed by atoms with Crippen molar-refractivity contribution < 1.29 is 9.53 Å². The minimum atomic E-state index is 0.0918. The van der Waals surface area contributed by atoms with E-state index in [2.05, 4.69) is 31.2 Å². The smallest absolute Gasteiger partial charge is 0.226 e. The summed E-state index contributed by atoms with van der Waals surface area (Å²) in [6.45, 7) is 2.53. The molecule has 0 radical (unpaired) electrons. The molecule has 1 saturated heterocycles. The summed E-state index contributed by atoms with van der Waals surface area (Å²) >= 11 is 1.70. The van der Waals surface area contributed by atoms with Gasteiger partial charge in [0.2, 0.25) is 5.91 Å². The van der Waals surface area contributed by atoms with E-state index in [1.165, 1.54) is 16.0 Å². The third-order valence-electron chi connectivity index (χ3n) is 6.82. The van der Waals surface area contributed by atoms with Crippen LogP contribution in [0.25, 0.3) is 10.2 Å². The Balaban J connectivity index is 1.33. The van der Waals surface area contributed by atoms with Crippen molar-refractivity contribution in [2.45, 2.75) is 38.6 Å². The van der Waals surface area contributed by atoms with Crippen LogP contribution >= 0.6 is 11.3 Å². The van der Waals surface area contributed by atoms with Gasteiger partial charge in [0, 0.05) is 30.1 Å². The molecule has 1 atom stereocenters. The Morgan fingerprint density at radius 2 is 2.12 bits per heavy atom. The van der Waals surface area contributed by atoms with E-state index in [0.717, 1.165) is 78.2 Å². The second kappa shape index (κ2) is 7.85. The van der Waals surface area contributed by atoms with Gasteiger partial charge in [-0.3, -0.25) is 9.79 Å². The summed E-state index contributed by atoms with van der Waals surface area (Å²) in [5.41, 5.74) is 4.44. The summed E-state index contributed by atoms with van der Waals surface area (Å²) in [6.07, 6.45) is 8.37. The molecule has 2 aromatic heterocycles. The van der Waals surface area contributed by atoms with Crippen molar-refractivity contribution in [1.82, 2.24) is 14.9 Å². The molecular weight excluding hydrogens is 422 g/mol. The molecule has 32 heavy (non-hydrogen) atoms. The number of hydrogen-bond acceptors (Lipinski definition) is 7. The molecule has 6 rings (SSSR count). The maximum Gasteiger partial charge on any atom is 0.226 e. The monoisotopic (exact) mass is 447 g/mol. The Kier molecular flexibility index (Phi) is 4.82. The molecule has 1 amide bonds. The molecule has 0 spiro atoms. The van der Waals surface area contributed by atoms with Crippen molar-refractivity contribution in [3.8, 4) is 5.75 Å². The van der Waals surface area contributed by atoms with Crippen LogP contribution in [0.3, 0.4) is 0 Å². The van der Waals surface area contributed by atoms with Crippen LogP contribution in [-0.2, 0) is 24.2 Å². The van der Waals surface area contributed by atoms with E-state index in [0.29, 0.717) is 12.5 Å². The number of nitrogens with one attached hydrogen (secondary N) is 1. The number of aromatic nitrogens is 2. The zero-order valence-electron chi connectivity index (χ0n) is 18.1. The lowest BCUT2D eigenvalue weighted by Gasteiger charge is -2.26. The summed E-state index contributed by atoms with van der Waals surface area (Å²) < 4.78 is 5.64. The number of methoxy groups -OCH3 is 1. The zero-order chi connectivity index (χ0) is 21.7. The Bertz CT molecular complexity index is 1240. The number of rotatable bonds is 4. The Morgan fingerprint density at radius 1 is 1.25 bits per heavy atom. The van der Waals surface area contributed by atoms with Crippen LogP contribution in [0.2, 0.25) is 0 Å². The Morgan fingerprint density at radius 3 is 2.97 bits per heavy atom. The number of hydrogen-bond donors (Lipinski definition) is 1. The highest BCUT2D eigenvalue weighted by Gasteiger charge is 2.32. The standard InChI is InChI=1S/C24H25N5O2S/c1-31-19-9-16-12-25-11-15(16)8-18(19)28-22-21-17-5-4-14(24(30)29-6-2-3-7-29)10-20(17)32-23(21)27-13-26-22/h8-9,11,13-14H,2-7,10,12H2,1H3,(H,26,27,28). The number of thiophene rings is 1. The van der Waals surface area contributed by atoms with Gasteiger partial charge in [-0.25, -0.2) is 9.97 Å². The number of ether oxygens (including phenoxy) is 1. The first-order valence-corrected chi connectivity index (χ1v) is 12.0. The van der Waals surface area contributed by atoms with Gasteiger partial charge in [0.05, 0.1) is 24.7 Å². The van der Waals surface area contributed by atoms with Gasteiger partial charge in [0.15, 0.2) is 0 Å². The number of anilines is 2. The maximum atomic E-state index is 13.0. The highest BCUT2D eigenvalue weighted by atomic mass is 32.1. The van der Waals surface area contributed by atoms with Gasteiger partial charge in [-0.1, -0.05) is 0 Å². The van der Waals surface area contributed by atoms with Gasteiger partial charge in [-0.2, -0.15) is 0 Å². The molecule has 1 N–H and O–H groups in total. The van der Waals surface area contributed by atoms with E-state index in [9.17, 15) is 4.79 Å². The predicted molar refractivity (Wildman–Crippen MR) is 126 cm³/mol. The first-order valence-electron chi connectivity index (χ1n) is 11.2. The number of fused-ring (bicyclic) bond motifs is 4. The first-order chi connectivity index (χ1) is 15.7. The van der Waals surface area contributed by atoms with Crippen LogP contribution in [0.5, 0.6) is 5.75 Å². The van der Waals surface area contributed by atoms with Gasteiger partial charge >= 0.3 is 0 Å². The second-order valence-electron chi connectivity index (χ2n) is 8.72. The second-order valence-corrected chi connectivity index (χ2v) is 9.81. The molecular formula is C24H25N5O2S. The largest absolute Gasteiger partial charge is 0.495 e. The molecule has 164 valence electrons. The normalized spacial score (nSPS) is 19.3. The van der Waals surface area contributed by atoms with Crippen molar-refractivity contribution in [3.63, 3.8) is 0 Å². The summed E-state index contributed by atoms with van der Waals surface area (Å²) in [4.78, 5) is 30.8. The number of carbonyl (C=O) groups excluding carboxylic acids is 1. The van der Waals surface area contributed by atoms with Gasteiger partial charge in [-0.05, 0) is 60.9 Å². The highest BCUT2D eigenvalue weighted by Crippen LogP contribution is 2.42. The van der Waals surface area contributed by atoms with Gasteiger partial charge in [0.1, 0.15) is 22.7 Å². The number of amides is 1. The first kappa shape index (κ1) is 19.7.